The van der Waals surface area contributed by atoms with Crippen LogP contribution in [0, 0.1) is 12.7 Å². The smallest absolute Gasteiger partial charge is 0.165 e. The third-order valence-corrected chi connectivity index (χ3v) is 6.78. The number of hydrogen-bond acceptors (Lipinski definition) is 4. The summed E-state index contributed by atoms with van der Waals surface area (Å²) in [5.41, 5.74) is 7.62. The van der Waals surface area contributed by atoms with Crippen molar-refractivity contribution >= 4 is 0 Å². The molecule has 0 bridgehead atoms. The summed E-state index contributed by atoms with van der Waals surface area (Å²) in [4.78, 5) is 4.51. The van der Waals surface area contributed by atoms with Crippen molar-refractivity contribution in [2.75, 3.05) is 26.2 Å². The lowest BCUT2D eigenvalue weighted by Crippen LogP contribution is -2.40. The van der Waals surface area contributed by atoms with Gasteiger partial charge in [0.15, 0.2) is 11.6 Å². The number of allylic oxidation sites excluding steroid dienone is 7. The molecule has 0 atom stereocenters. The molecule has 2 saturated heterocycles. The predicted molar refractivity (Wildman–Crippen MR) is 140 cm³/mol. The summed E-state index contributed by atoms with van der Waals surface area (Å²) < 4.78 is 14.1. The SMILES string of the molecule is C=C1NCCN(Cc2c(C)ccc(F)c2O)/C1=C(C)/C(=C\C)C(/C=C\C(=C)N1CCCC1)=C/C. The Morgan fingerprint density at radius 1 is 1.15 bits per heavy atom. The van der Waals surface area contributed by atoms with Gasteiger partial charge in [-0.2, -0.15) is 0 Å². The third-order valence-electron chi connectivity index (χ3n) is 6.78. The fourth-order valence-corrected chi connectivity index (χ4v) is 4.81. The standard InChI is InChI=1S/C29H38FN3O/c1-7-24(13-12-21(4)32-16-9-10-17-32)25(8-2)22(5)28-23(6)31-15-18-33(28)19-26-20(3)11-14-27(30)29(26)34/h7-8,11-14,31,34H,4,6,9-10,15-19H2,1-3,5H3/b13-12-,24-7+,25-8+,28-22+. The van der Waals surface area contributed by atoms with E-state index >= 15 is 0 Å². The number of halogens is 1. The lowest BCUT2D eigenvalue weighted by molar-refractivity contribution is 0.305. The summed E-state index contributed by atoms with van der Waals surface area (Å²) in [6, 6.07) is 3.02. The lowest BCUT2D eigenvalue weighted by Gasteiger charge is -2.36. The van der Waals surface area contributed by atoms with Crippen molar-refractivity contribution in [3.8, 4) is 5.75 Å². The minimum absolute atomic E-state index is 0.273. The quantitative estimate of drug-likeness (QED) is 0.480. The van der Waals surface area contributed by atoms with Gasteiger partial charge in [-0.1, -0.05) is 37.5 Å². The second-order valence-electron chi connectivity index (χ2n) is 8.96. The number of phenols is 1. The van der Waals surface area contributed by atoms with Gasteiger partial charge in [-0.25, -0.2) is 4.39 Å². The summed E-state index contributed by atoms with van der Waals surface area (Å²) in [5.74, 6) is -0.865. The van der Waals surface area contributed by atoms with E-state index in [2.05, 4.69) is 59.5 Å². The fourth-order valence-electron chi connectivity index (χ4n) is 4.81. The van der Waals surface area contributed by atoms with E-state index < -0.39 is 5.82 Å². The van der Waals surface area contributed by atoms with E-state index in [1.54, 1.807) is 6.07 Å². The summed E-state index contributed by atoms with van der Waals surface area (Å²) in [5, 5.41) is 13.8. The van der Waals surface area contributed by atoms with Gasteiger partial charge in [0.05, 0.1) is 11.4 Å². The number of nitrogens with zero attached hydrogens (tertiary/aromatic N) is 2. The molecule has 0 aliphatic carbocycles. The molecule has 182 valence electrons. The van der Waals surface area contributed by atoms with Crippen LogP contribution >= 0.6 is 0 Å². The highest BCUT2D eigenvalue weighted by Crippen LogP contribution is 2.33. The lowest BCUT2D eigenvalue weighted by atomic mass is 9.94. The molecule has 2 N–H and O–H groups in total. The van der Waals surface area contributed by atoms with Crippen LogP contribution < -0.4 is 5.32 Å². The first-order valence-corrected chi connectivity index (χ1v) is 12.1. The first kappa shape index (κ1) is 25.4. The van der Waals surface area contributed by atoms with Crippen molar-refractivity contribution in [2.45, 2.75) is 47.1 Å². The maximum atomic E-state index is 14.1. The first-order valence-electron chi connectivity index (χ1n) is 12.1. The van der Waals surface area contributed by atoms with E-state index in [4.69, 9.17) is 0 Å². The molecular formula is C29H38FN3O. The number of benzene rings is 1. The second kappa shape index (κ2) is 11.3. The highest BCUT2D eigenvalue weighted by atomic mass is 19.1. The summed E-state index contributed by atoms with van der Waals surface area (Å²) in [6.45, 7) is 20.6. The fraction of sp³-hybridized carbons (Fsp3) is 0.379. The molecule has 5 heteroatoms. The normalized spacial score (nSPS) is 19.1. The molecule has 2 fully saturated rings. The zero-order valence-corrected chi connectivity index (χ0v) is 21.0. The highest BCUT2D eigenvalue weighted by molar-refractivity contribution is 5.56. The Morgan fingerprint density at radius 2 is 1.85 bits per heavy atom. The van der Waals surface area contributed by atoms with E-state index in [1.807, 2.05) is 20.8 Å². The molecule has 2 aliphatic heterocycles. The molecular weight excluding hydrogens is 425 g/mol. The maximum Gasteiger partial charge on any atom is 0.165 e. The number of nitrogens with one attached hydrogen (secondary N) is 1. The van der Waals surface area contributed by atoms with Crippen LogP contribution in [0.15, 0.2) is 83.4 Å². The van der Waals surface area contributed by atoms with Gasteiger partial charge in [-0.15, -0.1) is 0 Å². The Hall–Kier alpha value is -3.21. The Balaban J connectivity index is 1.94. The monoisotopic (exact) mass is 463 g/mol. The summed E-state index contributed by atoms with van der Waals surface area (Å²) >= 11 is 0. The van der Waals surface area contributed by atoms with Crippen molar-refractivity contribution in [3.05, 3.63) is 100 Å². The van der Waals surface area contributed by atoms with Crippen LogP contribution in [-0.4, -0.2) is 41.1 Å². The van der Waals surface area contributed by atoms with Crippen molar-refractivity contribution < 1.29 is 9.50 Å². The zero-order valence-electron chi connectivity index (χ0n) is 21.0. The van der Waals surface area contributed by atoms with Crippen LogP contribution in [0.25, 0.3) is 0 Å². The molecule has 34 heavy (non-hydrogen) atoms. The molecule has 1 aromatic carbocycles. The molecule has 0 spiro atoms. The van der Waals surface area contributed by atoms with Crippen molar-refractivity contribution in [2.24, 2.45) is 0 Å². The molecule has 4 nitrogen and oxygen atoms in total. The van der Waals surface area contributed by atoms with Gasteiger partial charge in [-0.3, -0.25) is 0 Å². The van der Waals surface area contributed by atoms with Crippen LogP contribution in [0.3, 0.4) is 0 Å². The van der Waals surface area contributed by atoms with Gasteiger partial charge in [0.1, 0.15) is 0 Å². The second-order valence-corrected chi connectivity index (χ2v) is 8.96. The molecule has 0 saturated carbocycles. The highest BCUT2D eigenvalue weighted by Gasteiger charge is 2.24. The van der Waals surface area contributed by atoms with Crippen molar-refractivity contribution in [1.82, 2.24) is 15.1 Å². The summed E-state index contributed by atoms with van der Waals surface area (Å²) in [6.07, 6.45) is 10.9. The topological polar surface area (TPSA) is 38.7 Å². The molecule has 0 aromatic heterocycles. The Kier molecular flexibility index (Phi) is 8.43. The first-order chi connectivity index (χ1) is 16.3. The van der Waals surface area contributed by atoms with Gasteiger partial charge in [0.25, 0.3) is 0 Å². The van der Waals surface area contributed by atoms with Crippen LogP contribution in [0.1, 0.15) is 44.7 Å². The average molecular weight is 464 g/mol. The summed E-state index contributed by atoms with van der Waals surface area (Å²) in [7, 11) is 0. The van der Waals surface area contributed by atoms with E-state index in [0.29, 0.717) is 12.1 Å². The minimum atomic E-state index is -0.592. The molecule has 0 radical (unpaired) electrons. The third kappa shape index (κ3) is 5.46. The van der Waals surface area contributed by atoms with E-state index in [0.717, 1.165) is 65.6 Å². The number of phenolic OH excluding ortho intramolecular Hbond substituents is 1. The van der Waals surface area contributed by atoms with Crippen molar-refractivity contribution in [3.63, 3.8) is 0 Å². The molecule has 2 aliphatic rings. The van der Waals surface area contributed by atoms with Gasteiger partial charge in [-0.05, 0) is 75.0 Å². The van der Waals surface area contributed by atoms with Gasteiger partial charge in [0.2, 0.25) is 0 Å². The van der Waals surface area contributed by atoms with Gasteiger partial charge in [0, 0.05) is 44.0 Å². The van der Waals surface area contributed by atoms with E-state index in [-0.39, 0.29) is 5.75 Å². The van der Waals surface area contributed by atoms with Gasteiger partial charge >= 0.3 is 0 Å². The molecule has 3 rings (SSSR count). The molecule has 0 unspecified atom stereocenters. The van der Waals surface area contributed by atoms with E-state index in [9.17, 15) is 9.50 Å². The largest absolute Gasteiger partial charge is 0.505 e. The Morgan fingerprint density at radius 3 is 2.50 bits per heavy atom. The van der Waals surface area contributed by atoms with Crippen molar-refractivity contribution in [1.29, 1.82) is 0 Å². The number of hydrogen-bond donors (Lipinski definition) is 2. The van der Waals surface area contributed by atoms with Crippen LogP contribution in [0.5, 0.6) is 5.75 Å². The number of piperazine rings is 1. The predicted octanol–water partition coefficient (Wildman–Crippen LogP) is 6.09. The number of likely N-dealkylation sites (tertiary alicyclic amines) is 1. The Bertz CT molecular complexity index is 1070. The molecule has 2 heterocycles. The molecule has 1 aromatic rings. The Labute approximate surface area is 204 Å². The minimum Gasteiger partial charge on any atom is -0.505 e. The molecule has 0 amide bonds. The number of rotatable bonds is 7. The van der Waals surface area contributed by atoms with Crippen LogP contribution in [0.4, 0.5) is 4.39 Å². The zero-order chi connectivity index (χ0) is 24.8. The van der Waals surface area contributed by atoms with Crippen LogP contribution in [-0.2, 0) is 6.54 Å². The number of aromatic hydroxyl groups is 1. The average Bonchev–Trinajstić information content (AvgIpc) is 3.36. The maximum absolute atomic E-state index is 14.1. The number of aryl methyl sites for hydroxylation is 1. The van der Waals surface area contributed by atoms with Crippen LogP contribution in [0.2, 0.25) is 0 Å². The van der Waals surface area contributed by atoms with Gasteiger partial charge < -0.3 is 20.2 Å². The van der Waals surface area contributed by atoms with E-state index in [1.165, 1.54) is 18.9 Å².